The van der Waals surface area contributed by atoms with Crippen molar-refractivity contribution in [3.8, 4) is 0 Å². The van der Waals surface area contributed by atoms with Gasteiger partial charge in [-0.15, -0.1) is 0 Å². The third-order valence-corrected chi connectivity index (χ3v) is 4.27. The number of nitrogens with zero attached hydrogens (tertiary/aromatic N) is 3. The van der Waals surface area contributed by atoms with Crippen molar-refractivity contribution >= 4 is 40.0 Å². The van der Waals surface area contributed by atoms with Gasteiger partial charge in [-0.25, -0.2) is 4.98 Å². The SMILES string of the molecule is Cc1nc2cc(NC(=O)C3=NN(c4ccccc4)C(C(N)=O)C3)ccc2o1. The lowest BCUT2D eigenvalue weighted by Gasteiger charge is -2.20. The second-order valence-corrected chi connectivity index (χ2v) is 6.22. The molecular formula is C19H17N5O3. The average Bonchev–Trinajstić information content (AvgIpc) is 3.25. The maximum absolute atomic E-state index is 12.6. The molecule has 0 spiro atoms. The molecule has 1 aliphatic heterocycles. The van der Waals surface area contributed by atoms with Gasteiger partial charge in [0.1, 0.15) is 17.3 Å². The van der Waals surface area contributed by atoms with E-state index in [0.717, 1.165) is 0 Å². The minimum Gasteiger partial charge on any atom is -0.441 e. The lowest BCUT2D eigenvalue weighted by Crippen LogP contribution is -2.39. The average molecular weight is 363 g/mol. The van der Waals surface area contributed by atoms with E-state index >= 15 is 0 Å². The Labute approximate surface area is 154 Å². The zero-order valence-electron chi connectivity index (χ0n) is 14.5. The van der Waals surface area contributed by atoms with Gasteiger partial charge in [0.25, 0.3) is 5.91 Å². The van der Waals surface area contributed by atoms with Crippen LogP contribution in [-0.2, 0) is 9.59 Å². The highest BCUT2D eigenvalue weighted by molar-refractivity contribution is 6.44. The Morgan fingerprint density at radius 3 is 2.74 bits per heavy atom. The number of carbonyl (C=O) groups excluding carboxylic acids is 2. The van der Waals surface area contributed by atoms with Crippen LogP contribution in [0.3, 0.4) is 0 Å². The van der Waals surface area contributed by atoms with Crippen LogP contribution in [0.25, 0.3) is 11.1 Å². The molecule has 0 saturated carbocycles. The van der Waals surface area contributed by atoms with Crippen LogP contribution in [0.4, 0.5) is 11.4 Å². The van der Waals surface area contributed by atoms with Crippen LogP contribution in [0.5, 0.6) is 0 Å². The summed E-state index contributed by atoms with van der Waals surface area (Å²) in [4.78, 5) is 28.7. The maximum Gasteiger partial charge on any atom is 0.271 e. The number of rotatable bonds is 4. The predicted octanol–water partition coefficient (Wildman–Crippen LogP) is 2.19. The second kappa shape index (κ2) is 6.56. The molecule has 136 valence electrons. The van der Waals surface area contributed by atoms with Crippen LogP contribution >= 0.6 is 0 Å². The first-order valence-electron chi connectivity index (χ1n) is 8.41. The number of anilines is 2. The van der Waals surface area contributed by atoms with Gasteiger partial charge >= 0.3 is 0 Å². The topological polar surface area (TPSA) is 114 Å². The molecule has 0 fully saturated rings. The second-order valence-electron chi connectivity index (χ2n) is 6.22. The number of nitrogens with two attached hydrogens (primary N) is 1. The molecule has 1 unspecified atom stereocenters. The molecule has 0 bridgehead atoms. The van der Waals surface area contributed by atoms with E-state index in [1.807, 2.05) is 18.2 Å². The zero-order chi connectivity index (χ0) is 19.0. The number of aryl methyl sites for hydroxylation is 1. The molecule has 27 heavy (non-hydrogen) atoms. The number of aromatic nitrogens is 1. The van der Waals surface area contributed by atoms with Crippen molar-refractivity contribution in [2.24, 2.45) is 10.8 Å². The van der Waals surface area contributed by atoms with Gasteiger partial charge in [-0.3, -0.25) is 14.6 Å². The fraction of sp³-hybridized carbons (Fsp3) is 0.158. The molecule has 4 rings (SSSR count). The monoisotopic (exact) mass is 363 g/mol. The third-order valence-electron chi connectivity index (χ3n) is 4.27. The van der Waals surface area contributed by atoms with E-state index < -0.39 is 11.9 Å². The molecule has 8 heteroatoms. The first kappa shape index (κ1) is 16.8. The molecule has 0 radical (unpaired) electrons. The van der Waals surface area contributed by atoms with Crippen molar-refractivity contribution in [3.63, 3.8) is 0 Å². The van der Waals surface area contributed by atoms with E-state index in [4.69, 9.17) is 10.2 Å². The van der Waals surface area contributed by atoms with Gasteiger partial charge < -0.3 is 15.5 Å². The van der Waals surface area contributed by atoms with Crippen molar-refractivity contribution in [2.45, 2.75) is 19.4 Å². The number of amides is 2. The fourth-order valence-corrected chi connectivity index (χ4v) is 3.01. The largest absolute Gasteiger partial charge is 0.441 e. The van der Waals surface area contributed by atoms with Crippen LogP contribution in [0, 0.1) is 6.92 Å². The highest BCUT2D eigenvalue weighted by Crippen LogP contribution is 2.25. The summed E-state index contributed by atoms with van der Waals surface area (Å²) in [5, 5.41) is 8.60. The molecule has 3 aromatic rings. The first-order chi connectivity index (χ1) is 13.0. The number of benzene rings is 2. The van der Waals surface area contributed by atoms with E-state index in [1.165, 1.54) is 5.01 Å². The summed E-state index contributed by atoms with van der Waals surface area (Å²) in [6, 6.07) is 13.6. The Kier molecular flexibility index (Phi) is 4.08. The highest BCUT2D eigenvalue weighted by atomic mass is 16.3. The van der Waals surface area contributed by atoms with E-state index in [9.17, 15) is 9.59 Å². The van der Waals surface area contributed by atoms with E-state index in [1.54, 1.807) is 37.3 Å². The Bertz CT molecular complexity index is 1060. The number of primary amides is 1. The molecule has 1 atom stereocenters. The van der Waals surface area contributed by atoms with Gasteiger partial charge in [0, 0.05) is 19.0 Å². The molecule has 3 N–H and O–H groups in total. The third kappa shape index (κ3) is 3.24. The summed E-state index contributed by atoms with van der Waals surface area (Å²) in [5.74, 6) is -0.374. The van der Waals surface area contributed by atoms with E-state index in [0.29, 0.717) is 28.4 Å². The molecule has 0 saturated heterocycles. The summed E-state index contributed by atoms with van der Waals surface area (Å²) in [7, 11) is 0. The summed E-state index contributed by atoms with van der Waals surface area (Å²) in [6.07, 6.45) is 0.140. The number of para-hydroxylation sites is 1. The van der Waals surface area contributed by atoms with Gasteiger partial charge in [-0.05, 0) is 30.3 Å². The van der Waals surface area contributed by atoms with Crippen molar-refractivity contribution < 1.29 is 14.0 Å². The molecule has 1 aromatic heterocycles. The van der Waals surface area contributed by atoms with Gasteiger partial charge in [-0.1, -0.05) is 18.2 Å². The van der Waals surface area contributed by atoms with Crippen LogP contribution in [0.15, 0.2) is 58.0 Å². The van der Waals surface area contributed by atoms with Crippen LogP contribution < -0.4 is 16.1 Å². The number of hydrazone groups is 1. The number of hydrogen-bond acceptors (Lipinski definition) is 6. The molecule has 2 aromatic carbocycles. The number of nitrogens with one attached hydrogen (secondary N) is 1. The molecule has 2 heterocycles. The van der Waals surface area contributed by atoms with Gasteiger partial charge in [0.05, 0.1) is 5.69 Å². The highest BCUT2D eigenvalue weighted by Gasteiger charge is 2.34. The Morgan fingerprint density at radius 2 is 2.00 bits per heavy atom. The maximum atomic E-state index is 12.6. The first-order valence-corrected chi connectivity index (χ1v) is 8.41. The van der Waals surface area contributed by atoms with E-state index in [2.05, 4.69) is 15.4 Å². The Balaban J connectivity index is 1.57. The summed E-state index contributed by atoms with van der Waals surface area (Å²) in [5.41, 5.74) is 8.30. The number of fused-ring (bicyclic) bond motifs is 1. The van der Waals surface area contributed by atoms with Crippen molar-refractivity contribution in [1.82, 2.24) is 4.98 Å². The molecule has 2 amide bonds. The lowest BCUT2D eigenvalue weighted by atomic mass is 10.1. The van der Waals surface area contributed by atoms with Crippen molar-refractivity contribution in [2.75, 3.05) is 10.3 Å². The standard InChI is InChI=1S/C19H17N5O3/c1-11-21-14-9-12(7-8-17(14)27-11)22-19(26)15-10-16(18(20)25)24(23-15)13-5-3-2-4-6-13/h2-9,16H,10H2,1H3,(H2,20,25)(H,22,26). The van der Waals surface area contributed by atoms with Crippen molar-refractivity contribution in [3.05, 3.63) is 54.4 Å². The van der Waals surface area contributed by atoms with Crippen LogP contribution in [-0.4, -0.2) is 28.6 Å². The number of oxazole rings is 1. The summed E-state index contributed by atoms with van der Waals surface area (Å²) in [6.45, 7) is 1.76. The van der Waals surface area contributed by atoms with Crippen LogP contribution in [0.1, 0.15) is 12.3 Å². The van der Waals surface area contributed by atoms with Crippen molar-refractivity contribution in [1.29, 1.82) is 0 Å². The minimum absolute atomic E-state index is 0.140. The molecule has 0 aliphatic carbocycles. The number of hydrogen-bond donors (Lipinski definition) is 2. The summed E-state index contributed by atoms with van der Waals surface area (Å²) < 4.78 is 5.43. The predicted molar refractivity (Wildman–Crippen MR) is 101 cm³/mol. The van der Waals surface area contributed by atoms with Crippen LogP contribution in [0.2, 0.25) is 0 Å². The smallest absolute Gasteiger partial charge is 0.271 e. The normalized spacial score (nSPS) is 16.4. The van der Waals surface area contributed by atoms with Gasteiger partial charge in [0.2, 0.25) is 5.91 Å². The summed E-state index contributed by atoms with van der Waals surface area (Å²) >= 11 is 0. The lowest BCUT2D eigenvalue weighted by molar-refractivity contribution is -0.119. The van der Waals surface area contributed by atoms with E-state index in [-0.39, 0.29) is 18.0 Å². The molecular weight excluding hydrogens is 346 g/mol. The van der Waals surface area contributed by atoms with Gasteiger partial charge in [-0.2, -0.15) is 5.10 Å². The molecule has 8 nitrogen and oxygen atoms in total. The minimum atomic E-state index is -0.700. The fourth-order valence-electron chi connectivity index (χ4n) is 3.01. The zero-order valence-corrected chi connectivity index (χ0v) is 14.5. The molecule has 1 aliphatic rings. The Hall–Kier alpha value is -3.68. The van der Waals surface area contributed by atoms with Gasteiger partial charge in [0.15, 0.2) is 11.5 Å². The Morgan fingerprint density at radius 1 is 1.22 bits per heavy atom. The quantitative estimate of drug-likeness (QED) is 0.737. The number of carbonyl (C=O) groups is 2.